The van der Waals surface area contributed by atoms with Crippen LogP contribution in [-0.2, 0) is 4.74 Å². The Labute approximate surface area is 139 Å². The lowest BCUT2D eigenvalue weighted by atomic mass is 9.95. The number of benzene rings is 1. The van der Waals surface area contributed by atoms with Crippen molar-refractivity contribution in [3.05, 3.63) is 30.3 Å². The first kappa shape index (κ1) is 17.4. The van der Waals surface area contributed by atoms with E-state index in [4.69, 9.17) is 9.73 Å². The summed E-state index contributed by atoms with van der Waals surface area (Å²) in [6, 6.07) is 10.6. The number of thioether (sulfide) groups is 1. The van der Waals surface area contributed by atoms with Crippen LogP contribution in [0.4, 0.5) is 0 Å². The van der Waals surface area contributed by atoms with Crippen LogP contribution in [0.1, 0.15) is 58.8 Å². The van der Waals surface area contributed by atoms with Gasteiger partial charge in [0.05, 0.1) is 0 Å². The van der Waals surface area contributed by atoms with E-state index in [1.165, 1.54) is 43.4 Å². The first-order chi connectivity index (χ1) is 10.7. The minimum absolute atomic E-state index is 0.00462. The molecule has 1 aliphatic heterocycles. The Balaban J connectivity index is 1.80. The summed E-state index contributed by atoms with van der Waals surface area (Å²) in [5.41, 5.74) is -0.00462. The summed E-state index contributed by atoms with van der Waals surface area (Å²) in [7, 11) is 0. The van der Waals surface area contributed by atoms with Crippen LogP contribution in [0, 0.1) is 0 Å². The van der Waals surface area contributed by atoms with Gasteiger partial charge in [-0.25, -0.2) is 4.99 Å². The van der Waals surface area contributed by atoms with Crippen LogP contribution in [-0.4, -0.2) is 23.8 Å². The van der Waals surface area contributed by atoms with Crippen molar-refractivity contribution in [2.45, 2.75) is 69.2 Å². The molecule has 1 aliphatic rings. The normalized spacial score (nSPS) is 20.7. The van der Waals surface area contributed by atoms with Crippen LogP contribution in [0.2, 0.25) is 0 Å². The van der Waals surface area contributed by atoms with Crippen LogP contribution in [0.3, 0.4) is 0 Å². The average Bonchev–Trinajstić information content (AvgIpc) is 2.92. The van der Waals surface area contributed by atoms with E-state index in [1.807, 2.05) is 18.7 Å². The molecule has 0 aliphatic carbocycles. The molecule has 0 amide bonds. The minimum atomic E-state index is -0.00462. The van der Waals surface area contributed by atoms with Gasteiger partial charge in [0.1, 0.15) is 12.1 Å². The number of ether oxygens (including phenoxy) is 1. The molecule has 22 heavy (non-hydrogen) atoms. The number of rotatable bonds is 10. The van der Waals surface area contributed by atoms with Gasteiger partial charge in [-0.1, -0.05) is 63.6 Å². The van der Waals surface area contributed by atoms with Gasteiger partial charge in [0, 0.05) is 17.6 Å². The van der Waals surface area contributed by atoms with Crippen LogP contribution in [0.5, 0.6) is 0 Å². The predicted octanol–water partition coefficient (Wildman–Crippen LogP) is 5.72. The summed E-state index contributed by atoms with van der Waals surface area (Å²) in [6.07, 6.45) is 9.16. The zero-order valence-electron chi connectivity index (χ0n) is 14.0. The Hall–Kier alpha value is -0.960. The second-order valence-electron chi connectivity index (χ2n) is 6.26. The maximum absolute atomic E-state index is 5.69. The van der Waals surface area contributed by atoms with E-state index in [9.17, 15) is 0 Å². The van der Waals surface area contributed by atoms with Gasteiger partial charge in [-0.2, -0.15) is 0 Å². The summed E-state index contributed by atoms with van der Waals surface area (Å²) in [5, 5.41) is 0. The second-order valence-corrected chi connectivity index (χ2v) is 7.31. The average molecular weight is 320 g/mol. The molecular formula is C19H29NOS. The van der Waals surface area contributed by atoms with Gasteiger partial charge >= 0.3 is 0 Å². The van der Waals surface area contributed by atoms with Crippen molar-refractivity contribution in [3.63, 3.8) is 0 Å². The Bertz CT molecular complexity index is 460. The van der Waals surface area contributed by atoms with Crippen molar-refractivity contribution in [2.75, 3.05) is 12.4 Å². The lowest BCUT2D eigenvalue weighted by Gasteiger charge is -2.23. The Morgan fingerprint density at radius 1 is 1.09 bits per heavy atom. The zero-order valence-corrected chi connectivity index (χ0v) is 14.8. The van der Waals surface area contributed by atoms with Gasteiger partial charge in [0.2, 0.25) is 0 Å². The van der Waals surface area contributed by atoms with Crippen LogP contribution in [0.15, 0.2) is 40.2 Å². The van der Waals surface area contributed by atoms with Crippen molar-refractivity contribution in [2.24, 2.45) is 4.99 Å². The molecule has 1 aromatic rings. The monoisotopic (exact) mass is 319 g/mol. The first-order valence-corrected chi connectivity index (χ1v) is 9.60. The van der Waals surface area contributed by atoms with Crippen molar-refractivity contribution in [1.82, 2.24) is 0 Å². The van der Waals surface area contributed by atoms with E-state index in [0.29, 0.717) is 0 Å². The third-order valence-corrected chi connectivity index (χ3v) is 5.48. The second kappa shape index (κ2) is 9.24. The SMILES string of the molecule is CCCCCCCC[C@@]1(CSc2ccccc2)COC(C)=N1. The number of aliphatic imine (C=N–C) groups is 1. The molecule has 2 rings (SSSR count). The molecule has 0 spiro atoms. The van der Waals surface area contributed by atoms with Crippen LogP contribution >= 0.6 is 11.8 Å². The maximum Gasteiger partial charge on any atom is 0.180 e. The predicted molar refractivity (Wildman–Crippen MR) is 97.0 cm³/mol. The van der Waals surface area contributed by atoms with Gasteiger partial charge in [0.15, 0.2) is 5.90 Å². The molecule has 2 nitrogen and oxygen atoms in total. The number of hydrogen-bond donors (Lipinski definition) is 0. The first-order valence-electron chi connectivity index (χ1n) is 8.61. The molecule has 0 aromatic heterocycles. The molecule has 3 heteroatoms. The van der Waals surface area contributed by atoms with Crippen molar-refractivity contribution in [1.29, 1.82) is 0 Å². The highest BCUT2D eigenvalue weighted by Crippen LogP contribution is 2.32. The van der Waals surface area contributed by atoms with Crippen LogP contribution in [0.25, 0.3) is 0 Å². The van der Waals surface area contributed by atoms with E-state index in [1.54, 1.807) is 0 Å². The molecule has 0 saturated heterocycles. The fourth-order valence-corrected chi connectivity index (χ4v) is 3.96. The molecule has 1 heterocycles. The lowest BCUT2D eigenvalue weighted by molar-refractivity contribution is 0.255. The molecule has 0 saturated carbocycles. The molecule has 0 radical (unpaired) electrons. The summed E-state index contributed by atoms with van der Waals surface area (Å²) >= 11 is 1.90. The Morgan fingerprint density at radius 3 is 2.50 bits per heavy atom. The fourth-order valence-electron chi connectivity index (χ4n) is 2.88. The number of nitrogens with zero attached hydrogens (tertiary/aromatic N) is 1. The zero-order chi connectivity index (χ0) is 15.7. The molecule has 1 aromatic carbocycles. The third kappa shape index (κ3) is 5.68. The van der Waals surface area contributed by atoms with E-state index < -0.39 is 0 Å². The smallest absolute Gasteiger partial charge is 0.180 e. The number of unbranched alkanes of at least 4 members (excludes halogenated alkanes) is 5. The fraction of sp³-hybridized carbons (Fsp3) is 0.632. The molecule has 1 atom stereocenters. The van der Waals surface area contributed by atoms with Crippen molar-refractivity contribution < 1.29 is 4.74 Å². The van der Waals surface area contributed by atoms with Gasteiger partial charge in [-0.05, 0) is 18.6 Å². The maximum atomic E-state index is 5.69. The standard InChI is InChI=1S/C19H29NOS/c1-3-4-5-6-7-11-14-19(15-21-17(2)20-19)16-22-18-12-9-8-10-13-18/h8-10,12-13H,3-7,11,14-16H2,1-2H3/t19-/m0/s1. The Morgan fingerprint density at radius 2 is 1.82 bits per heavy atom. The number of hydrogen-bond acceptors (Lipinski definition) is 3. The highest BCUT2D eigenvalue weighted by molar-refractivity contribution is 7.99. The molecule has 0 fully saturated rings. The molecule has 0 bridgehead atoms. The molecule has 122 valence electrons. The van der Waals surface area contributed by atoms with E-state index in [2.05, 4.69) is 37.3 Å². The van der Waals surface area contributed by atoms with E-state index >= 15 is 0 Å². The van der Waals surface area contributed by atoms with Gasteiger partial charge in [-0.15, -0.1) is 11.8 Å². The van der Waals surface area contributed by atoms with Crippen molar-refractivity contribution in [3.8, 4) is 0 Å². The highest BCUT2D eigenvalue weighted by atomic mass is 32.2. The van der Waals surface area contributed by atoms with Crippen molar-refractivity contribution >= 4 is 17.7 Å². The quantitative estimate of drug-likeness (QED) is 0.406. The van der Waals surface area contributed by atoms with E-state index in [0.717, 1.165) is 24.7 Å². The summed E-state index contributed by atoms with van der Waals surface area (Å²) in [4.78, 5) is 6.17. The topological polar surface area (TPSA) is 21.6 Å². The van der Waals surface area contributed by atoms with Crippen LogP contribution < -0.4 is 0 Å². The third-order valence-electron chi connectivity index (χ3n) is 4.19. The molecular weight excluding hydrogens is 290 g/mol. The summed E-state index contributed by atoms with van der Waals surface area (Å²) < 4.78 is 5.69. The molecule has 0 N–H and O–H groups in total. The lowest BCUT2D eigenvalue weighted by Crippen LogP contribution is -2.31. The summed E-state index contributed by atoms with van der Waals surface area (Å²) in [5.74, 6) is 1.88. The van der Waals surface area contributed by atoms with Gasteiger partial charge < -0.3 is 4.74 Å². The van der Waals surface area contributed by atoms with E-state index in [-0.39, 0.29) is 5.54 Å². The molecule has 0 unspecified atom stereocenters. The van der Waals surface area contributed by atoms with Gasteiger partial charge in [0.25, 0.3) is 0 Å². The summed E-state index contributed by atoms with van der Waals surface area (Å²) in [6.45, 7) is 5.01. The minimum Gasteiger partial charge on any atom is -0.479 e. The van der Waals surface area contributed by atoms with Gasteiger partial charge in [-0.3, -0.25) is 0 Å². The Kier molecular flexibility index (Phi) is 7.31. The largest absolute Gasteiger partial charge is 0.479 e. The highest BCUT2D eigenvalue weighted by Gasteiger charge is 2.35.